The van der Waals surface area contributed by atoms with Gasteiger partial charge < -0.3 is 4.98 Å². The Kier molecular flexibility index (Phi) is 4.03. The largest absolute Gasteiger partial charge is 0.361 e. The lowest BCUT2D eigenvalue weighted by Crippen LogP contribution is -2.47. The van der Waals surface area contributed by atoms with E-state index in [0.717, 1.165) is 37.5 Å². The molecule has 2 fully saturated rings. The number of allylic oxidation sites excluding steroid dienone is 4. The van der Waals surface area contributed by atoms with Crippen molar-refractivity contribution < 1.29 is 8.78 Å². The molecule has 0 amide bonds. The number of halogens is 2. The molecule has 0 aromatic carbocycles. The van der Waals surface area contributed by atoms with Crippen molar-refractivity contribution in [2.75, 3.05) is 13.6 Å². The molecule has 0 bridgehead atoms. The van der Waals surface area contributed by atoms with Crippen LogP contribution < -0.4 is 5.43 Å². The van der Waals surface area contributed by atoms with E-state index in [1.54, 1.807) is 0 Å². The van der Waals surface area contributed by atoms with Gasteiger partial charge in [0.05, 0.1) is 12.1 Å². The van der Waals surface area contributed by atoms with Crippen LogP contribution in [0.1, 0.15) is 42.1 Å². The summed E-state index contributed by atoms with van der Waals surface area (Å²) >= 11 is 0. The van der Waals surface area contributed by atoms with Crippen LogP contribution in [0.25, 0.3) is 0 Å². The third kappa shape index (κ3) is 2.84. The summed E-state index contributed by atoms with van der Waals surface area (Å²) in [5, 5.41) is 2.29. The van der Waals surface area contributed by atoms with E-state index in [4.69, 9.17) is 0 Å². The number of hydrazine groups is 1. The average molecular weight is 360 g/mol. The quantitative estimate of drug-likeness (QED) is 0.869. The first-order valence-corrected chi connectivity index (χ1v) is 9.72. The van der Waals surface area contributed by atoms with Crippen LogP contribution in [-0.2, 0) is 13.0 Å². The third-order valence-electron chi connectivity index (χ3n) is 6.46. The number of rotatable bonds is 3. The highest BCUT2D eigenvalue weighted by Crippen LogP contribution is 2.40. The molecule has 4 atom stereocenters. The van der Waals surface area contributed by atoms with Crippen LogP contribution >= 0.6 is 0 Å². The van der Waals surface area contributed by atoms with Gasteiger partial charge in [0, 0.05) is 44.0 Å². The molecule has 140 valence electrons. The highest BCUT2D eigenvalue weighted by Gasteiger charge is 2.42. The molecule has 6 heteroatoms. The van der Waals surface area contributed by atoms with E-state index in [0.29, 0.717) is 17.9 Å². The molecule has 26 heavy (non-hydrogen) atoms. The van der Waals surface area contributed by atoms with E-state index in [1.165, 1.54) is 36.6 Å². The zero-order chi connectivity index (χ0) is 17.8. The molecule has 4 nitrogen and oxygen atoms in total. The number of nitrogens with one attached hydrogen (secondary N) is 2. The first-order chi connectivity index (χ1) is 12.6. The lowest BCUT2D eigenvalue weighted by atomic mass is 9.94. The molecule has 4 unspecified atom stereocenters. The Morgan fingerprint density at radius 2 is 2.12 bits per heavy atom. The first kappa shape index (κ1) is 16.7. The van der Waals surface area contributed by atoms with E-state index >= 15 is 0 Å². The minimum atomic E-state index is -1.30. The molecule has 1 saturated carbocycles. The molecular formula is C20H26F2N4. The van der Waals surface area contributed by atoms with Crippen LogP contribution in [0.3, 0.4) is 0 Å². The van der Waals surface area contributed by atoms with Gasteiger partial charge in [-0.05, 0) is 49.0 Å². The maximum absolute atomic E-state index is 14.2. The second-order valence-corrected chi connectivity index (χ2v) is 8.20. The predicted molar refractivity (Wildman–Crippen MR) is 96.7 cm³/mol. The molecule has 0 spiro atoms. The maximum Gasteiger partial charge on any atom is 0.133 e. The zero-order valence-electron chi connectivity index (χ0n) is 15.1. The van der Waals surface area contributed by atoms with Gasteiger partial charge in [-0.1, -0.05) is 6.08 Å². The van der Waals surface area contributed by atoms with Gasteiger partial charge in [0.2, 0.25) is 0 Å². The van der Waals surface area contributed by atoms with Crippen LogP contribution in [0, 0.1) is 5.92 Å². The van der Waals surface area contributed by atoms with Gasteiger partial charge in [0.1, 0.15) is 12.0 Å². The van der Waals surface area contributed by atoms with E-state index in [2.05, 4.69) is 27.4 Å². The van der Waals surface area contributed by atoms with Gasteiger partial charge in [0.15, 0.2) is 0 Å². The summed E-state index contributed by atoms with van der Waals surface area (Å²) in [5.74, 6) is -0.372. The van der Waals surface area contributed by atoms with Gasteiger partial charge in [-0.25, -0.2) is 19.2 Å². The molecule has 2 aliphatic heterocycles. The highest BCUT2D eigenvalue weighted by atomic mass is 19.1. The Hall–Kier alpha value is -1.50. The Morgan fingerprint density at radius 1 is 1.27 bits per heavy atom. The van der Waals surface area contributed by atoms with Crippen LogP contribution in [-0.4, -0.2) is 46.9 Å². The van der Waals surface area contributed by atoms with E-state index in [1.807, 2.05) is 6.07 Å². The lowest BCUT2D eigenvalue weighted by molar-refractivity contribution is 0.124. The highest BCUT2D eigenvalue weighted by molar-refractivity contribution is 5.37. The number of hydrogen-bond acceptors (Lipinski definition) is 3. The molecule has 3 heterocycles. The number of alkyl halides is 1. The van der Waals surface area contributed by atoms with Crippen LogP contribution in [0.15, 0.2) is 30.1 Å². The predicted octanol–water partition coefficient (Wildman–Crippen LogP) is 3.16. The first-order valence-electron chi connectivity index (χ1n) is 9.72. The van der Waals surface area contributed by atoms with E-state index in [-0.39, 0.29) is 0 Å². The fraction of sp³-hybridized carbons (Fsp3) is 0.600. The summed E-state index contributed by atoms with van der Waals surface area (Å²) in [6.07, 6.45) is 8.07. The minimum absolute atomic E-state index is 0.361. The molecule has 2 aliphatic carbocycles. The fourth-order valence-corrected chi connectivity index (χ4v) is 4.85. The normalized spacial score (nSPS) is 35.6. The number of aromatic nitrogens is 1. The molecular weight excluding hydrogens is 334 g/mol. The van der Waals surface area contributed by atoms with Gasteiger partial charge in [-0.2, -0.15) is 0 Å². The third-order valence-corrected chi connectivity index (χ3v) is 6.46. The van der Waals surface area contributed by atoms with Gasteiger partial charge >= 0.3 is 0 Å². The van der Waals surface area contributed by atoms with Crippen molar-refractivity contribution in [3.63, 3.8) is 0 Å². The second-order valence-electron chi connectivity index (χ2n) is 8.20. The molecule has 1 saturated heterocycles. The number of aromatic amines is 1. The Bertz CT molecular complexity index is 751. The van der Waals surface area contributed by atoms with Crippen molar-refractivity contribution in [1.82, 2.24) is 20.3 Å². The Labute approximate surface area is 152 Å². The average Bonchev–Trinajstić information content (AvgIpc) is 3.25. The lowest BCUT2D eigenvalue weighted by Gasteiger charge is -2.32. The van der Waals surface area contributed by atoms with Crippen molar-refractivity contribution in [3.8, 4) is 0 Å². The number of H-pyrrole nitrogens is 1. The van der Waals surface area contributed by atoms with Crippen molar-refractivity contribution in [1.29, 1.82) is 0 Å². The molecule has 2 N–H and O–H groups in total. The van der Waals surface area contributed by atoms with Crippen LogP contribution in [0.4, 0.5) is 8.78 Å². The molecule has 1 aromatic rings. The zero-order valence-corrected chi connectivity index (χ0v) is 15.1. The topological polar surface area (TPSA) is 34.3 Å². The van der Waals surface area contributed by atoms with Crippen molar-refractivity contribution in [3.05, 3.63) is 47.1 Å². The van der Waals surface area contributed by atoms with Crippen molar-refractivity contribution in [2.45, 2.75) is 56.5 Å². The van der Waals surface area contributed by atoms with E-state index < -0.39 is 17.9 Å². The van der Waals surface area contributed by atoms with Crippen molar-refractivity contribution in [2.24, 2.45) is 5.92 Å². The summed E-state index contributed by atoms with van der Waals surface area (Å²) < 4.78 is 28.4. The number of nitrogens with zero attached hydrogens (tertiary/aromatic N) is 2. The van der Waals surface area contributed by atoms with Gasteiger partial charge in [-0.15, -0.1) is 0 Å². The maximum atomic E-state index is 14.2. The van der Waals surface area contributed by atoms with Crippen LogP contribution in [0.2, 0.25) is 0 Å². The number of fused-ring (bicyclic) bond motifs is 1. The van der Waals surface area contributed by atoms with E-state index in [9.17, 15) is 8.78 Å². The summed E-state index contributed by atoms with van der Waals surface area (Å²) in [6, 6.07) is 2.62. The summed E-state index contributed by atoms with van der Waals surface area (Å²) in [4.78, 5) is 5.78. The summed E-state index contributed by atoms with van der Waals surface area (Å²) in [7, 11) is 2.15. The smallest absolute Gasteiger partial charge is 0.133 e. The monoisotopic (exact) mass is 360 g/mol. The Morgan fingerprint density at radius 3 is 2.88 bits per heavy atom. The molecule has 0 radical (unpaired) electrons. The SMILES string of the molecule is CN1NC(N2CCc3[nH]c(C4C(F)=CC=CC4F)cc3C2)CC1C1CC1. The van der Waals surface area contributed by atoms with Gasteiger partial charge in [-0.3, -0.25) is 4.90 Å². The fourth-order valence-electron chi connectivity index (χ4n) is 4.85. The Balaban J connectivity index is 1.32. The standard InChI is InChI=1S/C20H26F2N4/c1-25-18(12-5-6-12)10-19(24-25)26-8-7-16-13(11-26)9-17(23-16)20-14(21)3-2-4-15(20)22/h2-4,9,12,14,18-20,23-24H,5-8,10-11H2,1H3. The number of hydrogen-bond donors (Lipinski definition) is 2. The van der Waals surface area contributed by atoms with Crippen LogP contribution in [0.5, 0.6) is 0 Å². The summed E-state index contributed by atoms with van der Waals surface area (Å²) in [6.45, 7) is 1.80. The minimum Gasteiger partial charge on any atom is -0.361 e. The van der Waals surface area contributed by atoms with Gasteiger partial charge in [0.25, 0.3) is 0 Å². The summed E-state index contributed by atoms with van der Waals surface area (Å²) in [5.41, 5.74) is 6.60. The molecule has 4 aliphatic rings. The molecule has 5 rings (SSSR count). The second kappa shape index (κ2) is 6.29. The van der Waals surface area contributed by atoms with Crippen molar-refractivity contribution >= 4 is 0 Å². The molecule has 1 aromatic heterocycles.